The molecule has 1 heterocycles. The first-order valence-electron chi connectivity index (χ1n) is 5.94. The van der Waals surface area contributed by atoms with Crippen LogP contribution in [-0.4, -0.2) is 34.3 Å². The summed E-state index contributed by atoms with van der Waals surface area (Å²) in [5.74, 6) is 0.624. The molecule has 0 fully saturated rings. The van der Waals surface area contributed by atoms with Crippen molar-refractivity contribution in [3.05, 3.63) is 5.89 Å². The van der Waals surface area contributed by atoms with Crippen molar-refractivity contribution in [3.8, 4) is 0 Å². The van der Waals surface area contributed by atoms with Gasteiger partial charge in [0.25, 0.3) is 0 Å². The second-order valence-electron chi connectivity index (χ2n) is 4.30. The van der Waals surface area contributed by atoms with E-state index in [4.69, 9.17) is 4.42 Å². The van der Waals surface area contributed by atoms with E-state index in [2.05, 4.69) is 47.9 Å². The lowest BCUT2D eigenvalue weighted by Gasteiger charge is -2.07. The maximum absolute atomic E-state index is 5.45. The van der Waals surface area contributed by atoms with Crippen LogP contribution >= 0.6 is 11.8 Å². The third kappa shape index (κ3) is 5.93. The van der Waals surface area contributed by atoms with Gasteiger partial charge in [0.2, 0.25) is 5.89 Å². The Hall–Kier alpha value is -0.750. The largest absolute Gasteiger partial charge is 0.407 e. The molecule has 1 atom stereocenters. The van der Waals surface area contributed by atoms with E-state index < -0.39 is 0 Å². The van der Waals surface area contributed by atoms with E-state index in [0.29, 0.717) is 29.7 Å². The molecule has 1 unspecified atom stereocenters. The van der Waals surface area contributed by atoms with Gasteiger partial charge in [0.15, 0.2) is 0 Å². The van der Waals surface area contributed by atoms with Crippen LogP contribution in [0.5, 0.6) is 0 Å². The Bertz CT molecular complexity index is 316. The molecule has 0 saturated heterocycles. The maximum atomic E-state index is 5.45. The summed E-state index contributed by atoms with van der Waals surface area (Å²) in [6.07, 6.45) is 3.20. The fourth-order valence-electron chi connectivity index (χ4n) is 1.19. The molecule has 0 aromatic carbocycles. The summed E-state index contributed by atoms with van der Waals surface area (Å²) >= 11 is 1.86. The molecule has 5 nitrogen and oxygen atoms in total. The minimum atomic E-state index is 0.417. The van der Waals surface area contributed by atoms with Gasteiger partial charge in [-0.3, -0.25) is 0 Å². The van der Waals surface area contributed by atoms with Gasteiger partial charge in [-0.1, -0.05) is 25.9 Å². The first kappa shape index (κ1) is 14.3. The molecule has 0 saturated carbocycles. The Morgan fingerprint density at radius 1 is 1.29 bits per heavy atom. The van der Waals surface area contributed by atoms with Crippen LogP contribution in [0.4, 0.5) is 6.01 Å². The predicted octanol–water partition coefficient (Wildman–Crippen LogP) is 2.12. The second-order valence-corrected chi connectivity index (χ2v) is 5.57. The number of nitrogens with one attached hydrogen (secondary N) is 2. The fourth-order valence-corrected chi connectivity index (χ4v) is 1.54. The molecule has 1 aromatic heterocycles. The summed E-state index contributed by atoms with van der Waals surface area (Å²) in [4.78, 5) is 0. The zero-order valence-electron chi connectivity index (χ0n) is 11.0. The van der Waals surface area contributed by atoms with Gasteiger partial charge < -0.3 is 15.1 Å². The van der Waals surface area contributed by atoms with E-state index >= 15 is 0 Å². The SMILES string of the molecule is CSC(C)CCNc1nnc(CNC(C)C)o1. The Morgan fingerprint density at radius 2 is 2.06 bits per heavy atom. The van der Waals surface area contributed by atoms with Crippen molar-refractivity contribution in [3.63, 3.8) is 0 Å². The van der Waals surface area contributed by atoms with Crippen LogP contribution in [0.15, 0.2) is 4.42 Å². The molecular weight excluding hydrogens is 236 g/mol. The van der Waals surface area contributed by atoms with Crippen LogP contribution < -0.4 is 10.6 Å². The molecular formula is C11H22N4OS. The van der Waals surface area contributed by atoms with Gasteiger partial charge >= 0.3 is 6.01 Å². The van der Waals surface area contributed by atoms with E-state index in [9.17, 15) is 0 Å². The highest BCUT2D eigenvalue weighted by molar-refractivity contribution is 7.99. The molecule has 0 spiro atoms. The third-order valence-corrected chi connectivity index (χ3v) is 3.40. The Labute approximate surface area is 107 Å². The van der Waals surface area contributed by atoms with E-state index in [1.165, 1.54) is 0 Å². The Balaban J connectivity index is 2.25. The van der Waals surface area contributed by atoms with E-state index in [1.807, 2.05) is 11.8 Å². The lowest BCUT2D eigenvalue weighted by Crippen LogP contribution is -2.21. The molecule has 0 radical (unpaired) electrons. The molecule has 0 amide bonds. The molecule has 1 aromatic rings. The van der Waals surface area contributed by atoms with Gasteiger partial charge in [0.05, 0.1) is 6.54 Å². The smallest absolute Gasteiger partial charge is 0.315 e. The summed E-state index contributed by atoms with van der Waals surface area (Å²) in [6, 6.07) is 0.930. The summed E-state index contributed by atoms with van der Waals surface area (Å²) in [7, 11) is 0. The van der Waals surface area contributed by atoms with Gasteiger partial charge in [0.1, 0.15) is 0 Å². The number of hydrogen-bond acceptors (Lipinski definition) is 6. The van der Waals surface area contributed by atoms with Crippen molar-refractivity contribution in [2.24, 2.45) is 0 Å². The molecule has 2 N–H and O–H groups in total. The zero-order chi connectivity index (χ0) is 12.7. The summed E-state index contributed by atoms with van der Waals surface area (Å²) in [5.41, 5.74) is 0. The Morgan fingerprint density at radius 3 is 2.71 bits per heavy atom. The van der Waals surface area contributed by atoms with Gasteiger partial charge in [-0.2, -0.15) is 11.8 Å². The minimum Gasteiger partial charge on any atom is -0.407 e. The average molecular weight is 258 g/mol. The zero-order valence-corrected chi connectivity index (χ0v) is 11.8. The fraction of sp³-hybridized carbons (Fsp3) is 0.818. The van der Waals surface area contributed by atoms with Crippen LogP contribution in [0.1, 0.15) is 33.1 Å². The number of thioether (sulfide) groups is 1. The number of nitrogens with zero attached hydrogens (tertiary/aromatic N) is 2. The van der Waals surface area contributed by atoms with Crippen LogP contribution in [0.2, 0.25) is 0 Å². The van der Waals surface area contributed by atoms with Crippen LogP contribution in [-0.2, 0) is 6.54 Å². The molecule has 0 aliphatic carbocycles. The average Bonchev–Trinajstić information content (AvgIpc) is 2.74. The van der Waals surface area contributed by atoms with Crippen molar-refractivity contribution in [2.45, 2.75) is 45.0 Å². The van der Waals surface area contributed by atoms with E-state index in [0.717, 1.165) is 13.0 Å². The highest BCUT2D eigenvalue weighted by atomic mass is 32.2. The minimum absolute atomic E-state index is 0.417. The van der Waals surface area contributed by atoms with Crippen molar-refractivity contribution in [1.82, 2.24) is 15.5 Å². The lowest BCUT2D eigenvalue weighted by molar-refractivity contribution is 0.458. The van der Waals surface area contributed by atoms with Crippen LogP contribution in [0.3, 0.4) is 0 Å². The van der Waals surface area contributed by atoms with Gasteiger partial charge in [0, 0.05) is 17.8 Å². The predicted molar refractivity (Wildman–Crippen MR) is 72.4 cm³/mol. The molecule has 0 aliphatic heterocycles. The van der Waals surface area contributed by atoms with Crippen LogP contribution in [0, 0.1) is 0 Å². The van der Waals surface area contributed by atoms with Crippen molar-refractivity contribution in [2.75, 3.05) is 18.1 Å². The summed E-state index contributed by atoms with van der Waals surface area (Å²) < 4.78 is 5.45. The van der Waals surface area contributed by atoms with Gasteiger partial charge in [-0.05, 0) is 12.7 Å². The van der Waals surface area contributed by atoms with E-state index in [-0.39, 0.29) is 0 Å². The van der Waals surface area contributed by atoms with Gasteiger partial charge in [-0.25, -0.2) is 0 Å². The van der Waals surface area contributed by atoms with Crippen molar-refractivity contribution >= 4 is 17.8 Å². The lowest BCUT2D eigenvalue weighted by atomic mass is 10.3. The van der Waals surface area contributed by atoms with Crippen molar-refractivity contribution < 1.29 is 4.42 Å². The quantitative estimate of drug-likeness (QED) is 0.744. The third-order valence-electron chi connectivity index (χ3n) is 2.36. The normalized spacial score (nSPS) is 13.0. The highest BCUT2D eigenvalue weighted by Gasteiger charge is 2.06. The maximum Gasteiger partial charge on any atom is 0.315 e. The molecule has 6 heteroatoms. The van der Waals surface area contributed by atoms with E-state index in [1.54, 1.807) is 0 Å². The second kappa shape index (κ2) is 7.55. The highest BCUT2D eigenvalue weighted by Crippen LogP contribution is 2.10. The molecule has 0 aliphatic rings. The molecule has 98 valence electrons. The van der Waals surface area contributed by atoms with Gasteiger partial charge in [-0.15, -0.1) is 5.10 Å². The standard InChI is InChI=1S/C11H22N4OS/c1-8(2)13-7-10-14-15-11(16-10)12-6-5-9(3)17-4/h8-9,13H,5-7H2,1-4H3,(H,12,15). The molecule has 17 heavy (non-hydrogen) atoms. The van der Waals surface area contributed by atoms with Crippen LogP contribution in [0.25, 0.3) is 0 Å². The number of rotatable bonds is 8. The molecule has 0 bridgehead atoms. The number of hydrogen-bond donors (Lipinski definition) is 2. The molecule has 1 rings (SSSR count). The first-order valence-corrected chi connectivity index (χ1v) is 7.23. The number of anilines is 1. The number of aromatic nitrogens is 2. The Kier molecular flexibility index (Phi) is 6.36. The topological polar surface area (TPSA) is 63.0 Å². The summed E-state index contributed by atoms with van der Waals surface area (Å²) in [5, 5.41) is 14.9. The van der Waals surface area contributed by atoms with Crippen molar-refractivity contribution in [1.29, 1.82) is 0 Å². The monoisotopic (exact) mass is 258 g/mol. The first-order chi connectivity index (χ1) is 8.11. The summed E-state index contributed by atoms with van der Waals surface area (Å²) in [6.45, 7) is 7.85.